The summed E-state index contributed by atoms with van der Waals surface area (Å²) in [7, 11) is 1.25. The van der Waals surface area contributed by atoms with Gasteiger partial charge < -0.3 is 34.9 Å². The van der Waals surface area contributed by atoms with E-state index in [1.807, 2.05) is 0 Å². The molecule has 7 atom stereocenters. The van der Waals surface area contributed by atoms with Gasteiger partial charge >= 0.3 is 5.97 Å². The molecular weight excluding hydrogens is 318 g/mol. The minimum absolute atomic E-state index is 0.0191. The third-order valence-corrected chi connectivity index (χ3v) is 4.86. The number of esters is 1. The topological polar surface area (TPSA) is 120 Å². The number of hydrogen-bond donors (Lipinski definition) is 3. The Morgan fingerprint density at radius 3 is 2.67 bits per heavy atom. The summed E-state index contributed by atoms with van der Waals surface area (Å²) in [6.07, 6.45) is 0.569. The lowest BCUT2D eigenvalue weighted by Crippen LogP contribution is -2.64. The van der Waals surface area contributed by atoms with Crippen molar-refractivity contribution in [1.82, 2.24) is 0 Å². The zero-order chi connectivity index (χ0) is 17.7. The second-order valence-electron chi connectivity index (χ2n) is 6.58. The third-order valence-electron chi connectivity index (χ3n) is 4.86. The number of hydrogen-bond acceptors (Lipinski definition) is 8. The van der Waals surface area contributed by atoms with Gasteiger partial charge in [-0.25, -0.2) is 4.79 Å². The average Bonchev–Trinajstić information content (AvgIpc) is 2.58. The first-order valence-electron chi connectivity index (χ1n) is 8.51. The predicted molar refractivity (Wildman–Crippen MR) is 84.0 cm³/mol. The first-order chi connectivity index (χ1) is 11.5. The van der Waals surface area contributed by atoms with Crippen molar-refractivity contribution in [2.75, 3.05) is 20.3 Å². The van der Waals surface area contributed by atoms with Crippen LogP contribution in [0.25, 0.3) is 0 Å². The van der Waals surface area contributed by atoms with Gasteiger partial charge in [-0.1, -0.05) is 19.8 Å². The molecule has 140 valence electrons. The van der Waals surface area contributed by atoms with E-state index in [9.17, 15) is 15.0 Å². The Labute approximate surface area is 142 Å². The number of methoxy groups -OCH3 is 1. The Kier molecular flexibility index (Phi) is 7.39. The maximum atomic E-state index is 11.3. The molecular formula is C16H29NO7. The van der Waals surface area contributed by atoms with Crippen LogP contribution in [0.3, 0.4) is 0 Å². The van der Waals surface area contributed by atoms with E-state index in [0.717, 1.165) is 19.3 Å². The van der Waals surface area contributed by atoms with Crippen LogP contribution in [-0.2, 0) is 23.7 Å². The van der Waals surface area contributed by atoms with Gasteiger partial charge in [0.15, 0.2) is 6.29 Å². The van der Waals surface area contributed by atoms with Crippen LogP contribution in [0, 0.1) is 5.92 Å². The van der Waals surface area contributed by atoms with Gasteiger partial charge in [-0.15, -0.1) is 0 Å². The van der Waals surface area contributed by atoms with Crippen LogP contribution in [0.1, 0.15) is 32.6 Å². The van der Waals surface area contributed by atoms with E-state index in [0.29, 0.717) is 5.92 Å². The highest BCUT2D eigenvalue weighted by Gasteiger charge is 2.46. The van der Waals surface area contributed by atoms with Crippen LogP contribution < -0.4 is 5.73 Å². The number of carbonyl (C=O) groups excluding carboxylic acids is 1. The molecule has 1 saturated heterocycles. The molecule has 0 bridgehead atoms. The minimum atomic E-state index is -1.15. The number of carbonyl (C=O) groups is 1. The highest BCUT2D eigenvalue weighted by atomic mass is 16.7. The van der Waals surface area contributed by atoms with Crippen molar-refractivity contribution in [1.29, 1.82) is 0 Å². The minimum Gasteiger partial charge on any atom is -0.467 e. The standard InChI is InChI=1S/C16H29NO7/c1-9-5-3-4-6-10(9)23-16-13(17)15(22-8-12(19)21-2)14(20)11(7-18)24-16/h9-11,13-16,18,20H,3-8,17H2,1-2H3/t9-,10-,11?,13?,14+,15+,16?/m0/s1. The average molecular weight is 347 g/mol. The summed E-state index contributed by atoms with van der Waals surface area (Å²) in [5, 5.41) is 19.7. The van der Waals surface area contributed by atoms with Crippen molar-refractivity contribution >= 4 is 5.97 Å². The van der Waals surface area contributed by atoms with Gasteiger partial charge in [0, 0.05) is 0 Å². The Bertz CT molecular complexity index is 408. The van der Waals surface area contributed by atoms with Crippen LogP contribution in [0.5, 0.6) is 0 Å². The second kappa shape index (κ2) is 9.07. The lowest BCUT2D eigenvalue weighted by atomic mass is 9.87. The maximum Gasteiger partial charge on any atom is 0.331 e. The molecule has 1 heterocycles. The fraction of sp³-hybridized carbons (Fsp3) is 0.938. The zero-order valence-electron chi connectivity index (χ0n) is 14.3. The molecule has 1 aliphatic carbocycles. The number of nitrogens with two attached hydrogens (primary N) is 1. The van der Waals surface area contributed by atoms with Gasteiger partial charge in [-0.05, 0) is 18.8 Å². The molecule has 3 unspecified atom stereocenters. The Morgan fingerprint density at radius 1 is 1.33 bits per heavy atom. The van der Waals surface area contributed by atoms with Crippen LogP contribution >= 0.6 is 0 Å². The fourth-order valence-electron chi connectivity index (χ4n) is 3.30. The Morgan fingerprint density at radius 2 is 2.04 bits per heavy atom. The Balaban J connectivity index is 2.02. The van der Waals surface area contributed by atoms with Crippen LogP contribution in [0.2, 0.25) is 0 Å². The van der Waals surface area contributed by atoms with Gasteiger partial charge in [0.25, 0.3) is 0 Å². The van der Waals surface area contributed by atoms with Crippen molar-refractivity contribution in [3.63, 3.8) is 0 Å². The lowest BCUT2D eigenvalue weighted by molar-refractivity contribution is -0.289. The van der Waals surface area contributed by atoms with E-state index in [4.69, 9.17) is 19.9 Å². The summed E-state index contributed by atoms with van der Waals surface area (Å²) < 4.78 is 21.6. The van der Waals surface area contributed by atoms with Crippen molar-refractivity contribution in [2.24, 2.45) is 11.7 Å². The zero-order valence-corrected chi connectivity index (χ0v) is 14.3. The molecule has 2 rings (SSSR count). The molecule has 4 N–H and O–H groups in total. The van der Waals surface area contributed by atoms with Crippen molar-refractivity contribution in [2.45, 2.75) is 69.4 Å². The molecule has 0 spiro atoms. The van der Waals surface area contributed by atoms with E-state index in [2.05, 4.69) is 11.7 Å². The molecule has 2 aliphatic rings. The first kappa shape index (κ1) is 19.6. The summed E-state index contributed by atoms with van der Waals surface area (Å²) in [5.41, 5.74) is 6.15. The highest BCUT2D eigenvalue weighted by molar-refractivity contribution is 5.70. The summed E-state index contributed by atoms with van der Waals surface area (Å²) in [4.78, 5) is 11.3. The molecule has 0 radical (unpaired) electrons. The van der Waals surface area contributed by atoms with E-state index in [1.165, 1.54) is 13.5 Å². The van der Waals surface area contributed by atoms with E-state index in [1.54, 1.807) is 0 Å². The van der Waals surface area contributed by atoms with E-state index >= 15 is 0 Å². The molecule has 0 amide bonds. The molecule has 0 aromatic heterocycles. The quantitative estimate of drug-likeness (QED) is 0.552. The lowest BCUT2D eigenvalue weighted by Gasteiger charge is -2.44. The van der Waals surface area contributed by atoms with Crippen LogP contribution in [-0.4, -0.2) is 73.3 Å². The van der Waals surface area contributed by atoms with E-state index < -0.39 is 43.2 Å². The SMILES string of the molecule is COC(=O)CO[C@@H]1C(N)C(O[C@H]2CCCC[C@@H]2C)OC(CO)[C@H]1O. The van der Waals surface area contributed by atoms with Gasteiger partial charge in [0.05, 0.1) is 25.9 Å². The van der Waals surface area contributed by atoms with Gasteiger partial charge in [-0.2, -0.15) is 0 Å². The monoisotopic (exact) mass is 347 g/mol. The molecule has 2 fully saturated rings. The molecule has 1 aliphatic heterocycles. The third kappa shape index (κ3) is 4.65. The van der Waals surface area contributed by atoms with Crippen LogP contribution in [0.15, 0.2) is 0 Å². The highest BCUT2D eigenvalue weighted by Crippen LogP contribution is 2.31. The number of aliphatic hydroxyl groups is 2. The van der Waals surface area contributed by atoms with Crippen molar-refractivity contribution in [3.05, 3.63) is 0 Å². The Hall–Kier alpha value is -0.770. The summed E-state index contributed by atoms with van der Waals surface area (Å²) in [6.45, 7) is 1.39. The number of aliphatic hydroxyl groups excluding tert-OH is 2. The summed E-state index contributed by atoms with van der Waals surface area (Å²) >= 11 is 0. The predicted octanol–water partition coefficient (Wildman–Crippen LogP) is -0.455. The molecule has 0 aromatic carbocycles. The number of rotatable bonds is 6. The van der Waals surface area contributed by atoms with Crippen molar-refractivity contribution in [3.8, 4) is 0 Å². The molecule has 8 nitrogen and oxygen atoms in total. The molecule has 1 saturated carbocycles. The largest absolute Gasteiger partial charge is 0.467 e. The van der Waals surface area contributed by atoms with Crippen molar-refractivity contribution < 1.29 is 34.0 Å². The first-order valence-corrected chi connectivity index (χ1v) is 8.51. The van der Waals surface area contributed by atoms with Crippen LogP contribution in [0.4, 0.5) is 0 Å². The van der Waals surface area contributed by atoms with E-state index in [-0.39, 0.29) is 12.7 Å². The number of ether oxygens (including phenoxy) is 4. The maximum absolute atomic E-state index is 11.3. The van der Waals surface area contributed by atoms with Gasteiger partial charge in [-0.3, -0.25) is 0 Å². The second-order valence-corrected chi connectivity index (χ2v) is 6.58. The smallest absolute Gasteiger partial charge is 0.331 e. The summed E-state index contributed by atoms with van der Waals surface area (Å²) in [5.74, 6) is -0.178. The molecule has 24 heavy (non-hydrogen) atoms. The fourth-order valence-corrected chi connectivity index (χ4v) is 3.30. The summed E-state index contributed by atoms with van der Waals surface area (Å²) in [6, 6.07) is -0.776. The normalized spacial score (nSPS) is 40.3. The molecule has 8 heteroatoms. The van der Waals surface area contributed by atoms with Gasteiger partial charge in [0.2, 0.25) is 0 Å². The molecule has 0 aromatic rings. The van der Waals surface area contributed by atoms with Gasteiger partial charge in [0.1, 0.15) is 24.9 Å².